The minimum Gasteiger partial charge on any atom is -0.364 e. The molecular formula is C20H16ClN3O3S. The normalized spacial score (nSPS) is 17.2. The molecule has 1 unspecified atom stereocenters. The first-order valence-electron chi connectivity index (χ1n) is 8.47. The molecule has 1 amide bonds. The van der Waals surface area contributed by atoms with Gasteiger partial charge in [-0.3, -0.25) is 4.79 Å². The van der Waals surface area contributed by atoms with Crippen LogP contribution in [0.15, 0.2) is 77.7 Å². The van der Waals surface area contributed by atoms with Gasteiger partial charge >= 0.3 is 0 Å². The number of para-hydroxylation sites is 1. The molecule has 0 spiro atoms. The van der Waals surface area contributed by atoms with Gasteiger partial charge in [0.1, 0.15) is 11.1 Å². The number of nitrogens with one attached hydrogen (secondary N) is 3. The summed E-state index contributed by atoms with van der Waals surface area (Å²) in [6.45, 7) is 0. The number of rotatable bonds is 3. The second-order valence-electron chi connectivity index (χ2n) is 6.28. The first kappa shape index (κ1) is 18.5. The van der Waals surface area contributed by atoms with Crippen molar-refractivity contribution in [3.63, 3.8) is 0 Å². The Kier molecular flexibility index (Phi) is 4.80. The Labute approximate surface area is 167 Å². The Hall–Kier alpha value is -2.87. The SMILES string of the molecule is O=C(Nc1ccc(Cl)cc1)c1ccc(C2Nc3ccccc3S(=O)(=O)N2)cc1. The van der Waals surface area contributed by atoms with Gasteiger partial charge in [-0.2, -0.15) is 4.72 Å². The predicted octanol–water partition coefficient (Wildman–Crippen LogP) is 3.99. The van der Waals surface area contributed by atoms with E-state index in [2.05, 4.69) is 15.4 Å². The third-order valence-electron chi connectivity index (χ3n) is 4.36. The number of carbonyl (C=O) groups excluding carboxylic acids is 1. The highest BCUT2D eigenvalue weighted by Gasteiger charge is 2.29. The monoisotopic (exact) mass is 413 g/mol. The van der Waals surface area contributed by atoms with Crippen LogP contribution in [-0.4, -0.2) is 14.3 Å². The average molecular weight is 414 g/mol. The van der Waals surface area contributed by atoms with Crippen molar-refractivity contribution in [1.29, 1.82) is 0 Å². The molecule has 0 bridgehead atoms. The molecule has 6 nitrogen and oxygen atoms in total. The van der Waals surface area contributed by atoms with Crippen LogP contribution in [0.3, 0.4) is 0 Å². The van der Waals surface area contributed by atoms with Gasteiger partial charge in [0, 0.05) is 16.3 Å². The Balaban J connectivity index is 1.52. The summed E-state index contributed by atoms with van der Waals surface area (Å²) in [5, 5.41) is 6.53. The summed E-state index contributed by atoms with van der Waals surface area (Å²) in [6, 6.07) is 20.3. The van der Waals surface area contributed by atoms with E-state index in [1.165, 1.54) is 0 Å². The molecule has 0 aliphatic carbocycles. The number of hydrogen-bond donors (Lipinski definition) is 3. The quantitative estimate of drug-likeness (QED) is 0.605. The lowest BCUT2D eigenvalue weighted by Crippen LogP contribution is -2.38. The number of fused-ring (bicyclic) bond motifs is 1. The van der Waals surface area contributed by atoms with Crippen molar-refractivity contribution in [2.24, 2.45) is 0 Å². The van der Waals surface area contributed by atoms with E-state index in [4.69, 9.17) is 11.6 Å². The van der Waals surface area contributed by atoms with Gasteiger partial charge in [-0.1, -0.05) is 35.9 Å². The third kappa shape index (κ3) is 3.73. The maximum atomic E-state index is 12.4. The molecule has 0 saturated carbocycles. The number of amides is 1. The second kappa shape index (κ2) is 7.27. The van der Waals surface area contributed by atoms with Crippen molar-refractivity contribution in [2.45, 2.75) is 11.1 Å². The van der Waals surface area contributed by atoms with E-state index >= 15 is 0 Å². The standard InChI is InChI=1S/C20H16ClN3O3S/c21-15-9-11-16(12-10-15)22-20(25)14-7-5-13(6-8-14)19-23-17-3-1-2-4-18(17)28(26,27)24-19/h1-12,19,23-24H,(H,22,25). The lowest BCUT2D eigenvalue weighted by molar-refractivity contribution is 0.102. The van der Waals surface area contributed by atoms with Gasteiger partial charge in [-0.05, 0) is 54.1 Å². The molecule has 3 aromatic rings. The topological polar surface area (TPSA) is 87.3 Å². The van der Waals surface area contributed by atoms with Crippen LogP contribution < -0.4 is 15.4 Å². The van der Waals surface area contributed by atoms with Crippen LogP contribution in [0.5, 0.6) is 0 Å². The third-order valence-corrected chi connectivity index (χ3v) is 6.09. The Bertz CT molecular complexity index is 1130. The predicted molar refractivity (Wildman–Crippen MR) is 109 cm³/mol. The number of anilines is 2. The highest BCUT2D eigenvalue weighted by atomic mass is 35.5. The van der Waals surface area contributed by atoms with Gasteiger partial charge in [0.05, 0.1) is 5.69 Å². The molecule has 0 radical (unpaired) electrons. The van der Waals surface area contributed by atoms with Crippen molar-refractivity contribution < 1.29 is 13.2 Å². The van der Waals surface area contributed by atoms with Crippen molar-refractivity contribution in [1.82, 2.24) is 4.72 Å². The number of hydrogen-bond acceptors (Lipinski definition) is 4. The summed E-state index contributed by atoms with van der Waals surface area (Å²) in [4.78, 5) is 12.6. The average Bonchev–Trinajstić information content (AvgIpc) is 2.69. The molecular weight excluding hydrogens is 398 g/mol. The molecule has 8 heteroatoms. The zero-order valence-electron chi connectivity index (χ0n) is 14.5. The summed E-state index contributed by atoms with van der Waals surface area (Å²) in [5.74, 6) is -0.267. The fraction of sp³-hybridized carbons (Fsp3) is 0.0500. The summed E-state index contributed by atoms with van der Waals surface area (Å²) in [5.41, 5.74) is 2.33. The molecule has 1 heterocycles. The van der Waals surface area contributed by atoms with Crippen LogP contribution in [0.4, 0.5) is 11.4 Å². The zero-order valence-corrected chi connectivity index (χ0v) is 16.1. The zero-order chi connectivity index (χ0) is 19.7. The fourth-order valence-corrected chi connectivity index (χ4v) is 4.37. The van der Waals surface area contributed by atoms with E-state index < -0.39 is 16.2 Å². The summed E-state index contributed by atoms with van der Waals surface area (Å²) >= 11 is 5.84. The summed E-state index contributed by atoms with van der Waals surface area (Å²) in [6.07, 6.45) is -0.617. The Morgan fingerprint density at radius 3 is 2.32 bits per heavy atom. The molecule has 1 atom stereocenters. The van der Waals surface area contributed by atoms with Gasteiger partial charge in [0.15, 0.2) is 0 Å². The molecule has 142 valence electrons. The molecule has 1 aliphatic rings. The maximum absolute atomic E-state index is 12.4. The molecule has 0 fully saturated rings. The van der Waals surface area contributed by atoms with Crippen LogP contribution in [0.1, 0.15) is 22.1 Å². The molecule has 4 rings (SSSR count). The first-order chi connectivity index (χ1) is 13.4. The lowest BCUT2D eigenvalue weighted by atomic mass is 10.1. The van der Waals surface area contributed by atoms with Crippen LogP contribution in [0.2, 0.25) is 5.02 Å². The van der Waals surface area contributed by atoms with E-state index in [-0.39, 0.29) is 10.8 Å². The number of sulfonamides is 1. The highest BCUT2D eigenvalue weighted by molar-refractivity contribution is 7.89. The van der Waals surface area contributed by atoms with Crippen LogP contribution in [0.25, 0.3) is 0 Å². The van der Waals surface area contributed by atoms with Crippen LogP contribution in [0, 0.1) is 0 Å². The van der Waals surface area contributed by atoms with Crippen molar-refractivity contribution in [2.75, 3.05) is 10.6 Å². The van der Waals surface area contributed by atoms with Crippen LogP contribution in [-0.2, 0) is 10.0 Å². The first-order valence-corrected chi connectivity index (χ1v) is 10.3. The Morgan fingerprint density at radius 1 is 0.929 bits per heavy atom. The van der Waals surface area contributed by atoms with Gasteiger partial charge in [-0.15, -0.1) is 0 Å². The largest absolute Gasteiger partial charge is 0.364 e. The van der Waals surface area contributed by atoms with Crippen molar-refractivity contribution in [3.8, 4) is 0 Å². The molecule has 3 aromatic carbocycles. The van der Waals surface area contributed by atoms with Gasteiger partial charge in [0.2, 0.25) is 10.0 Å². The van der Waals surface area contributed by atoms with E-state index in [9.17, 15) is 13.2 Å². The fourth-order valence-electron chi connectivity index (χ4n) is 2.94. The molecule has 1 aliphatic heterocycles. The van der Waals surface area contributed by atoms with E-state index in [1.54, 1.807) is 72.8 Å². The van der Waals surface area contributed by atoms with Gasteiger partial charge in [0.25, 0.3) is 5.91 Å². The summed E-state index contributed by atoms with van der Waals surface area (Å²) in [7, 11) is -3.61. The van der Waals surface area contributed by atoms with Crippen LogP contribution >= 0.6 is 11.6 Å². The maximum Gasteiger partial charge on any atom is 0.255 e. The Morgan fingerprint density at radius 2 is 1.61 bits per heavy atom. The molecule has 3 N–H and O–H groups in total. The molecule has 0 saturated heterocycles. The molecule has 0 aromatic heterocycles. The highest BCUT2D eigenvalue weighted by Crippen LogP contribution is 2.30. The van der Waals surface area contributed by atoms with E-state index in [0.717, 1.165) is 0 Å². The van der Waals surface area contributed by atoms with Crippen molar-refractivity contribution >= 4 is 38.9 Å². The number of benzene rings is 3. The van der Waals surface area contributed by atoms with E-state index in [1.807, 2.05) is 0 Å². The van der Waals surface area contributed by atoms with E-state index in [0.29, 0.717) is 27.5 Å². The number of carbonyl (C=O) groups is 1. The lowest BCUT2D eigenvalue weighted by Gasteiger charge is -2.28. The number of halogens is 1. The minimum absolute atomic E-state index is 0.213. The second-order valence-corrected chi connectivity index (χ2v) is 8.40. The smallest absolute Gasteiger partial charge is 0.255 e. The molecule has 28 heavy (non-hydrogen) atoms. The van der Waals surface area contributed by atoms with Gasteiger partial charge in [-0.25, -0.2) is 8.42 Å². The van der Waals surface area contributed by atoms with Crippen molar-refractivity contribution in [3.05, 3.63) is 88.9 Å². The van der Waals surface area contributed by atoms with Gasteiger partial charge < -0.3 is 10.6 Å². The summed E-state index contributed by atoms with van der Waals surface area (Å²) < 4.78 is 27.5. The minimum atomic E-state index is -3.61.